The van der Waals surface area contributed by atoms with Gasteiger partial charge in [-0.3, -0.25) is 4.68 Å². The highest BCUT2D eigenvalue weighted by atomic mass is 32.2. The summed E-state index contributed by atoms with van der Waals surface area (Å²) in [6, 6.07) is 0.00371. The highest BCUT2D eigenvalue weighted by Crippen LogP contribution is 2.24. The van der Waals surface area contributed by atoms with E-state index < -0.39 is 10.0 Å². The number of hydrogen-bond acceptors (Lipinski definition) is 5. The molecule has 3 N–H and O–H groups in total. The Labute approximate surface area is 105 Å². The molecule has 2 heterocycles. The van der Waals surface area contributed by atoms with E-state index in [4.69, 9.17) is 5.73 Å². The monoisotopic (exact) mass is 276 g/mol. The Hall–Kier alpha value is -0.730. The van der Waals surface area contributed by atoms with E-state index in [2.05, 4.69) is 9.82 Å². The van der Waals surface area contributed by atoms with Crippen molar-refractivity contribution < 1.29 is 8.42 Å². The molecule has 1 unspecified atom stereocenters. The van der Waals surface area contributed by atoms with E-state index in [1.807, 2.05) is 0 Å². The van der Waals surface area contributed by atoms with Crippen molar-refractivity contribution in [3.05, 3.63) is 5.69 Å². The predicted octanol–water partition coefficient (Wildman–Crippen LogP) is 0.0945. The third kappa shape index (κ3) is 2.43. The van der Waals surface area contributed by atoms with Crippen molar-refractivity contribution in [2.75, 3.05) is 17.2 Å². The average molecular weight is 276 g/mol. The zero-order valence-corrected chi connectivity index (χ0v) is 11.4. The molecule has 1 saturated heterocycles. The van der Waals surface area contributed by atoms with Crippen LogP contribution in [-0.4, -0.2) is 35.7 Å². The second-order valence-corrected chi connectivity index (χ2v) is 6.91. The summed E-state index contributed by atoms with van der Waals surface area (Å²) in [6.45, 7) is 1.70. The molecule has 0 radical (unpaired) electrons. The maximum absolute atomic E-state index is 12.2. The molecule has 1 aromatic heterocycles. The standard InChI is InChI=1S/C9H16N4O2S2/c1-6-8(9(10)11-13(6)2)17(14,15)12-7-3-4-16-5-7/h7,12H,3-5H2,1-2H3,(H2,10,11). The summed E-state index contributed by atoms with van der Waals surface area (Å²) in [5, 5.41) is 3.92. The number of aryl methyl sites for hydroxylation is 1. The van der Waals surface area contributed by atoms with Gasteiger partial charge < -0.3 is 5.73 Å². The lowest BCUT2D eigenvalue weighted by Crippen LogP contribution is -2.35. The molecule has 0 saturated carbocycles. The Morgan fingerprint density at radius 3 is 2.76 bits per heavy atom. The lowest BCUT2D eigenvalue weighted by molar-refractivity contribution is 0.562. The first-order valence-electron chi connectivity index (χ1n) is 5.31. The second-order valence-electron chi connectivity index (χ2n) is 4.11. The lowest BCUT2D eigenvalue weighted by Gasteiger charge is -2.11. The Kier molecular flexibility index (Phi) is 3.37. The zero-order valence-electron chi connectivity index (χ0n) is 9.80. The number of nitrogen functional groups attached to an aromatic ring is 1. The molecular formula is C9H16N4O2S2. The zero-order chi connectivity index (χ0) is 12.6. The smallest absolute Gasteiger partial charge is 0.246 e. The average Bonchev–Trinajstić information content (AvgIpc) is 2.76. The van der Waals surface area contributed by atoms with Gasteiger partial charge in [0.1, 0.15) is 4.90 Å². The summed E-state index contributed by atoms with van der Waals surface area (Å²) < 4.78 is 28.5. The minimum absolute atomic E-state index is 0.00371. The highest BCUT2D eigenvalue weighted by Gasteiger charge is 2.28. The van der Waals surface area contributed by atoms with E-state index >= 15 is 0 Å². The summed E-state index contributed by atoms with van der Waals surface area (Å²) in [5.74, 6) is 1.87. The fourth-order valence-electron chi connectivity index (χ4n) is 1.85. The molecule has 8 heteroatoms. The van der Waals surface area contributed by atoms with Crippen molar-refractivity contribution in [3.63, 3.8) is 0 Å². The van der Waals surface area contributed by atoms with Crippen LogP contribution in [0.25, 0.3) is 0 Å². The molecule has 1 atom stereocenters. The number of nitrogens with zero attached hydrogens (tertiary/aromatic N) is 2. The normalized spacial score (nSPS) is 20.9. The van der Waals surface area contributed by atoms with Crippen LogP contribution in [0.3, 0.4) is 0 Å². The molecule has 96 valence electrons. The maximum atomic E-state index is 12.2. The van der Waals surface area contributed by atoms with Crippen molar-refractivity contribution in [1.29, 1.82) is 0 Å². The predicted molar refractivity (Wildman–Crippen MR) is 68.4 cm³/mol. The van der Waals surface area contributed by atoms with Gasteiger partial charge in [0.15, 0.2) is 5.82 Å². The van der Waals surface area contributed by atoms with Crippen molar-refractivity contribution in [3.8, 4) is 0 Å². The van der Waals surface area contributed by atoms with Crippen LogP contribution < -0.4 is 10.5 Å². The largest absolute Gasteiger partial charge is 0.381 e. The van der Waals surface area contributed by atoms with Gasteiger partial charge >= 0.3 is 0 Å². The molecule has 0 aromatic carbocycles. The second kappa shape index (κ2) is 4.51. The summed E-state index contributed by atoms with van der Waals surface area (Å²) in [7, 11) is -1.88. The van der Waals surface area contributed by atoms with Crippen LogP contribution in [0.15, 0.2) is 4.90 Å². The first kappa shape index (κ1) is 12.7. The lowest BCUT2D eigenvalue weighted by atomic mass is 10.3. The molecule has 0 spiro atoms. The summed E-state index contributed by atoms with van der Waals surface area (Å²) in [5.41, 5.74) is 6.20. The fraction of sp³-hybridized carbons (Fsp3) is 0.667. The van der Waals surface area contributed by atoms with Crippen molar-refractivity contribution in [2.45, 2.75) is 24.3 Å². The molecule has 0 aliphatic carbocycles. The molecule has 1 aliphatic heterocycles. The van der Waals surface area contributed by atoms with Crippen molar-refractivity contribution in [1.82, 2.24) is 14.5 Å². The third-order valence-electron chi connectivity index (χ3n) is 2.82. The van der Waals surface area contributed by atoms with Crippen LogP contribution >= 0.6 is 11.8 Å². The van der Waals surface area contributed by atoms with Gasteiger partial charge in [-0.15, -0.1) is 0 Å². The van der Waals surface area contributed by atoms with E-state index in [0.29, 0.717) is 5.69 Å². The molecule has 1 aromatic rings. The molecule has 1 aliphatic rings. The molecule has 6 nitrogen and oxygen atoms in total. The van der Waals surface area contributed by atoms with E-state index in [9.17, 15) is 8.42 Å². The number of hydrogen-bond donors (Lipinski definition) is 2. The van der Waals surface area contributed by atoms with Crippen LogP contribution in [0.4, 0.5) is 5.82 Å². The Morgan fingerprint density at radius 2 is 2.29 bits per heavy atom. The Morgan fingerprint density at radius 1 is 1.59 bits per heavy atom. The van der Waals surface area contributed by atoms with Gasteiger partial charge in [-0.25, -0.2) is 13.1 Å². The molecule has 0 amide bonds. The number of aromatic nitrogens is 2. The van der Waals surface area contributed by atoms with Gasteiger partial charge in [0.05, 0.1) is 5.69 Å². The highest BCUT2D eigenvalue weighted by molar-refractivity contribution is 7.99. The first-order chi connectivity index (χ1) is 7.92. The number of nitrogens with one attached hydrogen (secondary N) is 1. The first-order valence-corrected chi connectivity index (χ1v) is 7.95. The van der Waals surface area contributed by atoms with Gasteiger partial charge in [0.2, 0.25) is 10.0 Å². The molecule has 2 rings (SSSR count). The van der Waals surface area contributed by atoms with E-state index in [-0.39, 0.29) is 16.8 Å². The SMILES string of the molecule is Cc1c(S(=O)(=O)NC2CCSC2)c(N)nn1C. The molecular weight excluding hydrogens is 260 g/mol. The fourth-order valence-corrected chi connectivity index (χ4v) is 4.71. The van der Waals surface area contributed by atoms with E-state index in [1.54, 1.807) is 25.7 Å². The number of anilines is 1. The topological polar surface area (TPSA) is 90.0 Å². The molecule has 17 heavy (non-hydrogen) atoms. The van der Waals surface area contributed by atoms with Crippen LogP contribution in [0.2, 0.25) is 0 Å². The summed E-state index contributed by atoms with van der Waals surface area (Å²) in [6.07, 6.45) is 0.864. The van der Waals surface area contributed by atoms with Gasteiger partial charge in [-0.1, -0.05) is 0 Å². The van der Waals surface area contributed by atoms with Gasteiger partial charge in [-0.05, 0) is 19.1 Å². The summed E-state index contributed by atoms with van der Waals surface area (Å²) in [4.78, 5) is 0.108. The third-order valence-corrected chi connectivity index (χ3v) is 5.67. The number of thioether (sulfide) groups is 1. The quantitative estimate of drug-likeness (QED) is 0.817. The van der Waals surface area contributed by atoms with Crippen LogP contribution in [-0.2, 0) is 17.1 Å². The van der Waals surface area contributed by atoms with Gasteiger partial charge in [0.25, 0.3) is 0 Å². The van der Waals surface area contributed by atoms with Crippen LogP contribution in [0, 0.1) is 6.92 Å². The van der Waals surface area contributed by atoms with Crippen molar-refractivity contribution in [2.24, 2.45) is 7.05 Å². The molecule has 0 bridgehead atoms. The molecule has 1 fully saturated rings. The van der Waals surface area contributed by atoms with E-state index in [0.717, 1.165) is 17.9 Å². The van der Waals surface area contributed by atoms with Gasteiger partial charge in [-0.2, -0.15) is 16.9 Å². The maximum Gasteiger partial charge on any atom is 0.246 e. The van der Waals surface area contributed by atoms with Crippen LogP contribution in [0.5, 0.6) is 0 Å². The number of rotatable bonds is 3. The Balaban J connectivity index is 2.30. The van der Waals surface area contributed by atoms with Gasteiger partial charge in [0, 0.05) is 18.8 Å². The number of nitrogens with two attached hydrogens (primary N) is 1. The number of sulfonamides is 1. The van der Waals surface area contributed by atoms with Crippen LogP contribution in [0.1, 0.15) is 12.1 Å². The minimum Gasteiger partial charge on any atom is -0.381 e. The van der Waals surface area contributed by atoms with E-state index in [1.165, 1.54) is 4.68 Å². The van der Waals surface area contributed by atoms with Crippen molar-refractivity contribution >= 4 is 27.6 Å². The minimum atomic E-state index is -3.56. The Bertz CT molecular complexity index is 517. The summed E-state index contributed by atoms with van der Waals surface area (Å²) >= 11 is 1.75.